The lowest BCUT2D eigenvalue weighted by Crippen LogP contribution is -2.53. The normalized spacial score (nSPS) is 15.4. The lowest BCUT2D eigenvalue weighted by molar-refractivity contribution is -0.132. The second-order valence-electron chi connectivity index (χ2n) is 8.50. The van der Waals surface area contributed by atoms with Gasteiger partial charge in [0.1, 0.15) is 18.0 Å². The average molecular weight is 481 g/mol. The molecule has 2 aromatic carbocycles. The van der Waals surface area contributed by atoms with E-state index in [2.05, 4.69) is 4.90 Å². The molecule has 2 aliphatic rings. The number of benzene rings is 2. The van der Waals surface area contributed by atoms with E-state index in [4.69, 9.17) is 9.47 Å². The lowest BCUT2D eigenvalue weighted by Gasteiger charge is -2.37. The van der Waals surface area contributed by atoms with E-state index in [1.165, 1.54) is 4.90 Å². The summed E-state index contributed by atoms with van der Waals surface area (Å²) in [6.07, 6.45) is 0. The van der Waals surface area contributed by atoms with Crippen molar-refractivity contribution in [1.82, 2.24) is 9.80 Å². The molecule has 35 heavy (non-hydrogen) atoms. The SMILES string of the molecule is CCN(CC)C(=O)c1ccc2c(c1)N(CC(=O)N1CCN(c3cccc(OC)c3)CC1)C(=O)CO2. The molecule has 1 fully saturated rings. The summed E-state index contributed by atoms with van der Waals surface area (Å²) < 4.78 is 10.9. The third-order valence-corrected chi connectivity index (χ3v) is 6.54. The van der Waals surface area contributed by atoms with Crippen LogP contribution in [0.25, 0.3) is 0 Å². The Bertz CT molecular complexity index is 1090. The minimum absolute atomic E-state index is 0.0860. The monoisotopic (exact) mass is 480 g/mol. The molecule has 2 heterocycles. The van der Waals surface area contributed by atoms with Crippen molar-refractivity contribution in [2.24, 2.45) is 0 Å². The highest BCUT2D eigenvalue weighted by Gasteiger charge is 2.31. The third kappa shape index (κ3) is 5.18. The summed E-state index contributed by atoms with van der Waals surface area (Å²) >= 11 is 0. The Labute approximate surface area is 205 Å². The van der Waals surface area contributed by atoms with Gasteiger partial charge in [-0.25, -0.2) is 0 Å². The number of anilines is 2. The molecule has 186 valence electrons. The zero-order chi connectivity index (χ0) is 24.9. The van der Waals surface area contributed by atoms with E-state index in [0.717, 1.165) is 11.4 Å². The van der Waals surface area contributed by atoms with Gasteiger partial charge in [0.25, 0.3) is 11.8 Å². The smallest absolute Gasteiger partial charge is 0.265 e. The van der Waals surface area contributed by atoms with Crippen molar-refractivity contribution < 1.29 is 23.9 Å². The first-order chi connectivity index (χ1) is 16.9. The van der Waals surface area contributed by atoms with Gasteiger partial charge in [0.15, 0.2) is 6.61 Å². The number of amides is 3. The Kier molecular flexibility index (Phi) is 7.43. The van der Waals surface area contributed by atoms with E-state index in [9.17, 15) is 14.4 Å². The highest BCUT2D eigenvalue weighted by molar-refractivity contribution is 6.04. The van der Waals surface area contributed by atoms with Crippen LogP contribution in [0.5, 0.6) is 11.5 Å². The number of hydrogen-bond donors (Lipinski definition) is 0. The molecule has 4 rings (SSSR count). The number of ether oxygens (including phenoxy) is 2. The lowest BCUT2D eigenvalue weighted by atomic mass is 10.1. The molecule has 0 aliphatic carbocycles. The molecular weight excluding hydrogens is 448 g/mol. The maximum atomic E-state index is 13.2. The summed E-state index contributed by atoms with van der Waals surface area (Å²) in [6, 6.07) is 12.9. The molecule has 0 bridgehead atoms. The molecule has 2 aromatic rings. The van der Waals surface area contributed by atoms with Gasteiger partial charge in [-0.15, -0.1) is 0 Å². The van der Waals surface area contributed by atoms with Crippen LogP contribution in [0, 0.1) is 0 Å². The average Bonchev–Trinajstić information content (AvgIpc) is 2.90. The first-order valence-electron chi connectivity index (χ1n) is 12.0. The van der Waals surface area contributed by atoms with Gasteiger partial charge in [-0.1, -0.05) is 6.07 Å². The number of nitrogens with zero attached hydrogens (tertiary/aromatic N) is 4. The third-order valence-electron chi connectivity index (χ3n) is 6.54. The highest BCUT2D eigenvalue weighted by Crippen LogP contribution is 2.33. The first-order valence-corrected chi connectivity index (χ1v) is 12.0. The quantitative estimate of drug-likeness (QED) is 0.605. The fourth-order valence-electron chi connectivity index (χ4n) is 4.46. The number of methoxy groups -OCH3 is 1. The predicted octanol–water partition coefficient (Wildman–Crippen LogP) is 2.25. The molecule has 0 N–H and O–H groups in total. The number of rotatable bonds is 7. The van der Waals surface area contributed by atoms with Crippen LogP contribution in [0.1, 0.15) is 24.2 Å². The van der Waals surface area contributed by atoms with Crippen molar-refractivity contribution >= 4 is 29.1 Å². The molecule has 3 amide bonds. The Hall–Kier alpha value is -3.75. The van der Waals surface area contributed by atoms with Crippen LogP contribution < -0.4 is 19.3 Å². The fourth-order valence-corrected chi connectivity index (χ4v) is 4.46. The van der Waals surface area contributed by atoms with Crippen LogP contribution in [0.3, 0.4) is 0 Å². The molecule has 9 heteroatoms. The van der Waals surface area contributed by atoms with Crippen molar-refractivity contribution in [3.8, 4) is 11.5 Å². The number of carbonyl (C=O) groups is 3. The van der Waals surface area contributed by atoms with Crippen molar-refractivity contribution in [2.75, 3.05) is 69.3 Å². The van der Waals surface area contributed by atoms with Crippen LogP contribution in [0.2, 0.25) is 0 Å². The largest absolute Gasteiger partial charge is 0.497 e. The summed E-state index contributed by atoms with van der Waals surface area (Å²) in [4.78, 5) is 45.9. The molecule has 0 radical (unpaired) electrons. The van der Waals surface area contributed by atoms with E-state index >= 15 is 0 Å². The predicted molar refractivity (Wildman–Crippen MR) is 133 cm³/mol. The molecule has 0 aromatic heterocycles. The summed E-state index contributed by atoms with van der Waals surface area (Å²) in [5.74, 6) is 0.752. The zero-order valence-corrected chi connectivity index (χ0v) is 20.5. The molecule has 1 saturated heterocycles. The van der Waals surface area contributed by atoms with E-state index in [1.807, 2.05) is 38.1 Å². The van der Waals surface area contributed by atoms with Crippen molar-refractivity contribution in [3.63, 3.8) is 0 Å². The molecule has 0 atom stereocenters. The van der Waals surface area contributed by atoms with Gasteiger partial charge in [0, 0.05) is 56.6 Å². The van der Waals surface area contributed by atoms with Crippen molar-refractivity contribution in [3.05, 3.63) is 48.0 Å². The van der Waals surface area contributed by atoms with Crippen LogP contribution in [-0.4, -0.2) is 87.1 Å². The number of piperazine rings is 1. The minimum atomic E-state index is -0.298. The summed E-state index contributed by atoms with van der Waals surface area (Å²) in [6.45, 7) is 7.30. The van der Waals surface area contributed by atoms with Gasteiger partial charge < -0.3 is 24.2 Å². The van der Waals surface area contributed by atoms with Gasteiger partial charge in [0.05, 0.1) is 12.8 Å². The van der Waals surface area contributed by atoms with Crippen LogP contribution in [0.15, 0.2) is 42.5 Å². The number of fused-ring (bicyclic) bond motifs is 1. The van der Waals surface area contributed by atoms with E-state index < -0.39 is 0 Å². The van der Waals surface area contributed by atoms with Gasteiger partial charge >= 0.3 is 0 Å². The fraction of sp³-hybridized carbons (Fsp3) is 0.423. The standard InChI is InChI=1S/C26H32N4O5/c1-4-27(5-2)26(33)19-9-10-23-22(15-19)30(25(32)18-35-23)17-24(31)29-13-11-28(12-14-29)20-7-6-8-21(16-20)34-3/h6-10,15-16H,4-5,11-14,17-18H2,1-3H3. The molecule has 9 nitrogen and oxygen atoms in total. The Morgan fingerprint density at radius 3 is 2.46 bits per heavy atom. The van der Waals surface area contributed by atoms with Gasteiger partial charge in [-0.2, -0.15) is 0 Å². The van der Waals surface area contributed by atoms with E-state index in [0.29, 0.717) is 56.3 Å². The molecule has 0 unspecified atom stereocenters. The van der Waals surface area contributed by atoms with Crippen LogP contribution in [-0.2, 0) is 9.59 Å². The molecule has 2 aliphatic heterocycles. The Morgan fingerprint density at radius 2 is 1.77 bits per heavy atom. The zero-order valence-electron chi connectivity index (χ0n) is 20.5. The molecule has 0 spiro atoms. The maximum Gasteiger partial charge on any atom is 0.265 e. The second-order valence-corrected chi connectivity index (χ2v) is 8.50. The summed E-state index contributed by atoms with van der Waals surface area (Å²) in [7, 11) is 1.64. The van der Waals surface area contributed by atoms with Gasteiger partial charge in [-0.3, -0.25) is 19.3 Å². The number of hydrogen-bond acceptors (Lipinski definition) is 6. The summed E-state index contributed by atoms with van der Waals surface area (Å²) in [5, 5.41) is 0. The second kappa shape index (κ2) is 10.7. The Balaban J connectivity index is 1.45. The van der Waals surface area contributed by atoms with Gasteiger partial charge in [0.2, 0.25) is 5.91 Å². The highest BCUT2D eigenvalue weighted by atomic mass is 16.5. The van der Waals surface area contributed by atoms with Crippen molar-refractivity contribution in [2.45, 2.75) is 13.8 Å². The van der Waals surface area contributed by atoms with Crippen LogP contribution in [0.4, 0.5) is 11.4 Å². The molecular formula is C26H32N4O5. The molecule has 0 saturated carbocycles. The minimum Gasteiger partial charge on any atom is -0.497 e. The Morgan fingerprint density at radius 1 is 1.03 bits per heavy atom. The van der Waals surface area contributed by atoms with Crippen LogP contribution >= 0.6 is 0 Å². The maximum absolute atomic E-state index is 13.2. The van der Waals surface area contributed by atoms with Gasteiger partial charge in [-0.05, 0) is 44.2 Å². The first kappa shape index (κ1) is 24.4. The summed E-state index contributed by atoms with van der Waals surface area (Å²) in [5.41, 5.74) is 1.98. The van der Waals surface area contributed by atoms with E-state index in [1.54, 1.807) is 35.1 Å². The number of carbonyl (C=O) groups excluding carboxylic acids is 3. The topological polar surface area (TPSA) is 82.6 Å². The van der Waals surface area contributed by atoms with Crippen molar-refractivity contribution in [1.29, 1.82) is 0 Å². The van der Waals surface area contributed by atoms with E-state index in [-0.39, 0.29) is 30.9 Å².